The first-order valence-electron chi connectivity index (χ1n) is 8.41. The van der Waals surface area contributed by atoms with Crippen LogP contribution in [0, 0.1) is 12.8 Å². The van der Waals surface area contributed by atoms with E-state index in [1.165, 1.54) is 6.42 Å². The van der Waals surface area contributed by atoms with Crippen molar-refractivity contribution in [1.29, 1.82) is 0 Å². The Kier molecular flexibility index (Phi) is 4.83. The van der Waals surface area contributed by atoms with Crippen molar-refractivity contribution in [3.8, 4) is 0 Å². The number of amides is 3. The van der Waals surface area contributed by atoms with Gasteiger partial charge in [-0.15, -0.1) is 0 Å². The highest BCUT2D eigenvalue weighted by Crippen LogP contribution is 2.25. The third kappa shape index (κ3) is 3.83. The van der Waals surface area contributed by atoms with Gasteiger partial charge in [-0.3, -0.25) is 10.1 Å². The molecule has 1 saturated carbocycles. The van der Waals surface area contributed by atoms with E-state index in [1.807, 2.05) is 4.90 Å². The molecule has 1 aliphatic carbocycles. The Labute approximate surface area is 136 Å². The second-order valence-electron chi connectivity index (χ2n) is 6.40. The normalized spacial score (nSPS) is 19.7. The molecule has 1 aliphatic heterocycles. The number of aromatic nitrogens is 1. The van der Waals surface area contributed by atoms with Gasteiger partial charge in [-0.1, -0.05) is 24.4 Å². The standard InChI is InChI=1S/C16H24N4O3/c1-12-11-14(18-23-12)17-16(22)20-9-7-19(8-10-20)15(21)13-5-3-2-4-6-13/h11,13H,2-10H2,1H3,(H,17,18,22). The fourth-order valence-electron chi connectivity index (χ4n) is 3.35. The van der Waals surface area contributed by atoms with Crippen LogP contribution in [0.15, 0.2) is 10.6 Å². The van der Waals surface area contributed by atoms with E-state index >= 15 is 0 Å². The van der Waals surface area contributed by atoms with Crippen molar-refractivity contribution in [2.24, 2.45) is 5.92 Å². The molecule has 7 heteroatoms. The average molecular weight is 320 g/mol. The molecule has 1 aromatic heterocycles. The van der Waals surface area contributed by atoms with E-state index in [0.717, 1.165) is 25.7 Å². The molecule has 3 amide bonds. The molecular weight excluding hydrogens is 296 g/mol. The lowest BCUT2D eigenvalue weighted by atomic mass is 9.88. The molecule has 1 aromatic rings. The zero-order valence-corrected chi connectivity index (χ0v) is 13.6. The number of carbonyl (C=O) groups excluding carboxylic acids is 2. The quantitative estimate of drug-likeness (QED) is 0.906. The molecule has 23 heavy (non-hydrogen) atoms. The molecule has 0 radical (unpaired) electrons. The zero-order chi connectivity index (χ0) is 16.2. The number of nitrogens with one attached hydrogen (secondary N) is 1. The van der Waals surface area contributed by atoms with E-state index in [1.54, 1.807) is 17.9 Å². The molecule has 0 unspecified atom stereocenters. The van der Waals surface area contributed by atoms with Crippen molar-refractivity contribution >= 4 is 17.8 Å². The highest BCUT2D eigenvalue weighted by Gasteiger charge is 2.29. The Morgan fingerprint density at radius 3 is 2.39 bits per heavy atom. The van der Waals surface area contributed by atoms with Crippen LogP contribution in [0.25, 0.3) is 0 Å². The van der Waals surface area contributed by atoms with E-state index in [0.29, 0.717) is 37.8 Å². The first-order valence-corrected chi connectivity index (χ1v) is 8.41. The number of piperazine rings is 1. The Bertz CT molecular complexity index is 557. The summed E-state index contributed by atoms with van der Waals surface area (Å²) in [4.78, 5) is 28.3. The molecule has 7 nitrogen and oxygen atoms in total. The third-order valence-corrected chi connectivity index (χ3v) is 4.70. The monoisotopic (exact) mass is 320 g/mol. The Morgan fingerprint density at radius 1 is 1.13 bits per heavy atom. The van der Waals surface area contributed by atoms with Crippen molar-refractivity contribution in [2.75, 3.05) is 31.5 Å². The third-order valence-electron chi connectivity index (χ3n) is 4.70. The minimum Gasteiger partial charge on any atom is -0.360 e. The van der Waals surface area contributed by atoms with Gasteiger partial charge in [-0.2, -0.15) is 0 Å². The Balaban J connectivity index is 1.47. The lowest BCUT2D eigenvalue weighted by Gasteiger charge is -2.36. The van der Waals surface area contributed by atoms with Gasteiger partial charge in [0.05, 0.1) is 0 Å². The van der Waals surface area contributed by atoms with Gasteiger partial charge >= 0.3 is 6.03 Å². The van der Waals surface area contributed by atoms with E-state index in [-0.39, 0.29) is 17.9 Å². The van der Waals surface area contributed by atoms with Crippen molar-refractivity contribution in [3.05, 3.63) is 11.8 Å². The molecule has 3 rings (SSSR count). The molecule has 0 bridgehead atoms. The molecule has 1 N–H and O–H groups in total. The van der Waals surface area contributed by atoms with E-state index in [4.69, 9.17) is 4.52 Å². The minimum absolute atomic E-state index is 0.192. The summed E-state index contributed by atoms with van der Waals surface area (Å²) in [7, 11) is 0. The van der Waals surface area contributed by atoms with Gasteiger partial charge in [0.2, 0.25) is 5.91 Å². The summed E-state index contributed by atoms with van der Waals surface area (Å²) >= 11 is 0. The van der Waals surface area contributed by atoms with Gasteiger partial charge in [-0.25, -0.2) is 4.79 Å². The summed E-state index contributed by atoms with van der Waals surface area (Å²) < 4.78 is 4.93. The maximum absolute atomic E-state index is 12.5. The highest BCUT2D eigenvalue weighted by molar-refractivity contribution is 5.88. The van der Waals surface area contributed by atoms with Crippen molar-refractivity contribution in [1.82, 2.24) is 15.0 Å². The number of hydrogen-bond donors (Lipinski definition) is 1. The van der Waals surface area contributed by atoms with Gasteiger partial charge in [0, 0.05) is 38.2 Å². The molecule has 0 aromatic carbocycles. The first-order chi connectivity index (χ1) is 11.1. The van der Waals surface area contributed by atoms with Crippen LogP contribution in [0.1, 0.15) is 37.9 Å². The summed E-state index contributed by atoms with van der Waals surface area (Å²) in [6, 6.07) is 1.49. The number of carbonyl (C=O) groups is 2. The SMILES string of the molecule is Cc1cc(NC(=O)N2CCN(C(=O)C3CCCCC3)CC2)no1. The first kappa shape index (κ1) is 15.8. The number of rotatable bonds is 2. The fourth-order valence-corrected chi connectivity index (χ4v) is 3.35. The van der Waals surface area contributed by atoms with Crippen LogP contribution in [0.3, 0.4) is 0 Å². The zero-order valence-electron chi connectivity index (χ0n) is 13.6. The van der Waals surface area contributed by atoms with E-state index < -0.39 is 0 Å². The average Bonchev–Trinajstić information content (AvgIpc) is 3.00. The molecule has 0 spiro atoms. The molecule has 0 atom stereocenters. The van der Waals surface area contributed by atoms with Gasteiger partial charge in [0.1, 0.15) is 5.76 Å². The maximum Gasteiger partial charge on any atom is 0.323 e. The minimum atomic E-state index is -0.192. The Hall–Kier alpha value is -2.05. The summed E-state index contributed by atoms with van der Waals surface area (Å²) in [5.74, 6) is 1.55. The molecular formula is C16H24N4O3. The molecule has 2 fully saturated rings. The molecule has 2 heterocycles. The van der Waals surface area contributed by atoms with Gasteiger partial charge in [0.15, 0.2) is 5.82 Å². The van der Waals surface area contributed by atoms with Crippen LogP contribution < -0.4 is 5.32 Å². The predicted octanol–water partition coefficient (Wildman–Crippen LogP) is 2.24. The van der Waals surface area contributed by atoms with Crippen LogP contribution in [0.2, 0.25) is 0 Å². The van der Waals surface area contributed by atoms with Crippen LogP contribution in [-0.2, 0) is 4.79 Å². The topological polar surface area (TPSA) is 78.7 Å². The summed E-state index contributed by atoms with van der Waals surface area (Å²) in [6.07, 6.45) is 5.61. The lowest BCUT2D eigenvalue weighted by Crippen LogP contribution is -2.53. The van der Waals surface area contributed by atoms with Crippen molar-refractivity contribution in [2.45, 2.75) is 39.0 Å². The predicted molar refractivity (Wildman–Crippen MR) is 85.0 cm³/mol. The van der Waals surface area contributed by atoms with Crippen LogP contribution in [-0.4, -0.2) is 53.1 Å². The highest BCUT2D eigenvalue weighted by atomic mass is 16.5. The maximum atomic E-state index is 12.5. The summed E-state index contributed by atoms with van der Waals surface area (Å²) in [5, 5.41) is 6.48. The fraction of sp³-hybridized carbons (Fsp3) is 0.688. The van der Waals surface area contributed by atoms with E-state index in [9.17, 15) is 9.59 Å². The van der Waals surface area contributed by atoms with Crippen molar-refractivity contribution in [3.63, 3.8) is 0 Å². The van der Waals surface area contributed by atoms with Crippen molar-refractivity contribution < 1.29 is 14.1 Å². The van der Waals surface area contributed by atoms with Crippen LogP contribution in [0.4, 0.5) is 10.6 Å². The van der Waals surface area contributed by atoms with Gasteiger partial charge in [0.25, 0.3) is 0 Å². The summed E-state index contributed by atoms with van der Waals surface area (Å²) in [6.45, 7) is 4.11. The number of hydrogen-bond acceptors (Lipinski definition) is 4. The second-order valence-corrected chi connectivity index (χ2v) is 6.40. The van der Waals surface area contributed by atoms with Gasteiger partial charge < -0.3 is 14.3 Å². The van der Waals surface area contributed by atoms with E-state index in [2.05, 4.69) is 10.5 Å². The number of aryl methyl sites for hydroxylation is 1. The van der Waals surface area contributed by atoms with Gasteiger partial charge in [-0.05, 0) is 19.8 Å². The molecule has 1 saturated heterocycles. The van der Waals surface area contributed by atoms with Crippen LogP contribution in [0.5, 0.6) is 0 Å². The number of anilines is 1. The second kappa shape index (κ2) is 7.02. The summed E-state index contributed by atoms with van der Waals surface area (Å²) in [5.41, 5.74) is 0. The number of urea groups is 1. The number of nitrogens with zero attached hydrogens (tertiary/aromatic N) is 3. The smallest absolute Gasteiger partial charge is 0.323 e. The lowest BCUT2D eigenvalue weighted by molar-refractivity contribution is -0.138. The van der Waals surface area contributed by atoms with Crippen LogP contribution >= 0.6 is 0 Å². The molecule has 126 valence electrons. The Morgan fingerprint density at radius 2 is 1.78 bits per heavy atom. The molecule has 2 aliphatic rings. The largest absolute Gasteiger partial charge is 0.360 e.